The lowest BCUT2D eigenvalue weighted by Crippen LogP contribution is -2.18. The van der Waals surface area contributed by atoms with Crippen LogP contribution in [-0.4, -0.2) is 19.2 Å². The van der Waals surface area contributed by atoms with Crippen molar-refractivity contribution in [1.29, 1.82) is 5.26 Å². The van der Waals surface area contributed by atoms with Crippen molar-refractivity contribution >= 4 is 5.65 Å². The third kappa shape index (κ3) is 3.74. The van der Waals surface area contributed by atoms with Crippen molar-refractivity contribution in [2.24, 2.45) is 13.0 Å². The predicted octanol–water partition coefficient (Wildman–Crippen LogP) is 3.70. The molecule has 2 aromatic heterocycles. The van der Waals surface area contributed by atoms with Crippen LogP contribution in [0.15, 0.2) is 59.4 Å². The Bertz CT molecular complexity index is 1310. The molecule has 0 aliphatic rings. The van der Waals surface area contributed by atoms with Crippen LogP contribution >= 0.6 is 0 Å². The Kier molecular flexibility index (Phi) is 5.20. The Hall–Kier alpha value is -3.72. The molecule has 6 nitrogen and oxygen atoms in total. The first-order valence-corrected chi connectivity index (χ1v) is 9.97. The second-order valence-corrected chi connectivity index (χ2v) is 7.75. The smallest absolute Gasteiger partial charge is 0.244 e. The second-order valence-electron chi connectivity index (χ2n) is 7.75. The molecule has 4 rings (SSSR count). The second kappa shape index (κ2) is 7.96. The molecule has 0 bridgehead atoms. The van der Waals surface area contributed by atoms with Crippen LogP contribution < -0.4 is 5.69 Å². The summed E-state index contributed by atoms with van der Waals surface area (Å²) >= 11 is 0. The number of nitriles is 1. The van der Waals surface area contributed by atoms with Crippen LogP contribution in [0.3, 0.4) is 0 Å². The van der Waals surface area contributed by atoms with E-state index < -0.39 is 0 Å². The van der Waals surface area contributed by atoms with Gasteiger partial charge >= 0.3 is 5.69 Å². The maximum absolute atomic E-state index is 11.8. The molecule has 1 unspecified atom stereocenters. The third-order valence-electron chi connectivity index (χ3n) is 5.37. The van der Waals surface area contributed by atoms with Gasteiger partial charge in [0.05, 0.1) is 11.6 Å². The molecule has 0 spiro atoms. The Morgan fingerprint density at radius 2 is 1.80 bits per heavy atom. The lowest BCUT2D eigenvalue weighted by molar-refractivity contribution is 0.563. The minimum absolute atomic E-state index is 0.275. The molecule has 0 aliphatic heterocycles. The van der Waals surface area contributed by atoms with E-state index in [9.17, 15) is 10.1 Å². The predicted molar refractivity (Wildman–Crippen MR) is 116 cm³/mol. The minimum atomic E-state index is -0.275. The van der Waals surface area contributed by atoms with Crippen LogP contribution in [0.5, 0.6) is 0 Å². The van der Waals surface area contributed by atoms with Gasteiger partial charge in [-0.05, 0) is 48.4 Å². The molecule has 6 heteroatoms. The van der Waals surface area contributed by atoms with E-state index in [1.54, 1.807) is 11.6 Å². The summed E-state index contributed by atoms with van der Waals surface area (Å²) in [6, 6.07) is 20.2. The summed E-state index contributed by atoms with van der Waals surface area (Å²) in [6.07, 6.45) is 1.72. The highest BCUT2D eigenvalue weighted by molar-refractivity contribution is 5.70. The largest absolute Gasteiger partial charge is 0.364 e. The average molecular weight is 397 g/mol. The van der Waals surface area contributed by atoms with Crippen LogP contribution in [0, 0.1) is 24.2 Å². The van der Waals surface area contributed by atoms with Gasteiger partial charge in [-0.25, -0.2) is 19.0 Å². The van der Waals surface area contributed by atoms with E-state index in [-0.39, 0.29) is 5.69 Å². The average Bonchev–Trinajstić information content (AvgIpc) is 3.02. The van der Waals surface area contributed by atoms with E-state index in [2.05, 4.69) is 47.2 Å². The van der Waals surface area contributed by atoms with Gasteiger partial charge in [0.25, 0.3) is 0 Å². The molecule has 0 aliphatic carbocycles. The summed E-state index contributed by atoms with van der Waals surface area (Å²) in [6.45, 7) is 4.09. The molecule has 4 aromatic rings. The van der Waals surface area contributed by atoms with E-state index in [0.29, 0.717) is 17.1 Å². The summed E-state index contributed by atoms with van der Waals surface area (Å²) in [5, 5.41) is 9.31. The van der Waals surface area contributed by atoms with E-state index in [4.69, 9.17) is 0 Å². The summed E-state index contributed by atoms with van der Waals surface area (Å²) < 4.78 is 3.20. The standard InChI is InChI=1S/C24H23N5O/c1-16(13-21-14-23-27-24(30)28(3)29(23)17(2)26-21)12-18-8-10-19(11-9-18)22-7-5-4-6-20(22)15-25/h4-11,14,16H,12-13H2,1-3H3. The van der Waals surface area contributed by atoms with Gasteiger partial charge in [0.2, 0.25) is 0 Å². The van der Waals surface area contributed by atoms with Gasteiger partial charge in [-0.1, -0.05) is 49.4 Å². The van der Waals surface area contributed by atoms with Crippen LogP contribution in [0.4, 0.5) is 0 Å². The highest BCUT2D eigenvalue weighted by Crippen LogP contribution is 2.24. The molecule has 30 heavy (non-hydrogen) atoms. The van der Waals surface area contributed by atoms with Crippen molar-refractivity contribution in [2.75, 3.05) is 0 Å². The van der Waals surface area contributed by atoms with Crippen LogP contribution in [0.1, 0.15) is 29.6 Å². The molecule has 0 N–H and O–H groups in total. The van der Waals surface area contributed by atoms with Crippen molar-refractivity contribution in [2.45, 2.75) is 26.7 Å². The number of aromatic nitrogens is 4. The van der Waals surface area contributed by atoms with Gasteiger partial charge in [0.15, 0.2) is 5.65 Å². The Labute approximate surface area is 175 Å². The summed E-state index contributed by atoms with van der Waals surface area (Å²) in [5.74, 6) is 1.14. The molecule has 0 saturated carbocycles. The summed E-state index contributed by atoms with van der Waals surface area (Å²) in [4.78, 5) is 20.6. The number of hydrogen-bond acceptors (Lipinski definition) is 4. The van der Waals surface area contributed by atoms with Gasteiger partial charge < -0.3 is 0 Å². The molecule has 2 heterocycles. The minimum Gasteiger partial charge on any atom is -0.244 e. The van der Waals surface area contributed by atoms with Crippen molar-refractivity contribution in [3.63, 3.8) is 0 Å². The molecular formula is C24H23N5O. The highest BCUT2D eigenvalue weighted by Gasteiger charge is 2.12. The first-order valence-electron chi connectivity index (χ1n) is 9.97. The SMILES string of the molecule is Cc1nc(CC(C)Cc2ccc(-c3ccccc3C#N)cc2)cc2nc(=O)n(C)n12. The molecule has 0 amide bonds. The van der Waals surface area contributed by atoms with Gasteiger partial charge in [-0.15, -0.1) is 0 Å². The molecule has 2 aromatic carbocycles. The maximum atomic E-state index is 11.8. The summed E-state index contributed by atoms with van der Waals surface area (Å²) in [7, 11) is 1.69. The number of rotatable bonds is 5. The first-order chi connectivity index (χ1) is 14.5. The van der Waals surface area contributed by atoms with Gasteiger partial charge in [0, 0.05) is 18.8 Å². The lowest BCUT2D eigenvalue weighted by atomic mass is 9.94. The topological polar surface area (TPSA) is 76.0 Å². The monoisotopic (exact) mass is 397 g/mol. The van der Waals surface area contributed by atoms with Gasteiger partial charge in [-0.3, -0.25) is 0 Å². The van der Waals surface area contributed by atoms with Crippen molar-refractivity contribution < 1.29 is 0 Å². The maximum Gasteiger partial charge on any atom is 0.364 e. The number of aryl methyl sites for hydroxylation is 2. The van der Waals surface area contributed by atoms with Crippen molar-refractivity contribution in [3.05, 3.63) is 87.7 Å². The Balaban J connectivity index is 1.49. The van der Waals surface area contributed by atoms with E-state index >= 15 is 0 Å². The number of nitrogens with zero attached hydrogens (tertiary/aromatic N) is 5. The Morgan fingerprint density at radius 3 is 2.53 bits per heavy atom. The zero-order valence-corrected chi connectivity index (χ0v) is 17.3. The molecule has 0 fully saturated rings. The third-order valence-corrected chi connectivity index (χ3v) is 5.37. The van der Waals surface area contributed by atoms with Crippen LogP contribution in [0.2, 0.25) is 0 Å². The number of hydrogen-bond donors (Lipinski definition) is 0. The first kappa shape index (κ1) is 19.6. The van der Waals surface area contributed by atoms with E-state index in [0.717, 1.165) is 35.5 Å². The number of benzene rings is 2. The zero-order valence-electron chi connectivity index (χ0n) is 17.3. The molecule has 0 saturated heterocycles. The van der Waals surface area contributed by atoms with Crippen LogP contribution in [0.25, 0.3) is 16.8 Å². The quantitative estimate of drug-likeness (QED) is 0.515. The zero-order chi connectivity index (χ0) is 21.3. The van der Waals surface area contributed by atoms with Gasteiger partial charge in [0.1, 0.15) is 5.82 Å². The lowest BCUT2D eigenvalue weighted by Gasteiger charge is -2.13. The molecular weight excluding hydrogens is 374 g/mol. The molecule has 0 radical (unpaired) electrons. The highest BCUT2D eigenvalue weighted by atomic mass is 16.2. The number of fused-ring (bicyclic) bond motifs is 1. The van der Waals surface area contributed by atoms with E-state index in [1.807, 2.05) is 37.3 Å². The normalized spacial score (nSPS) is 12.1. The molecule has 1 atom stereocenters. The molecule has 150 valence electrons. The Morgan fingerprint density at radius 1 is 1.07 bits per heavy atom. The van der Waals surface area contributed by atoms with Crippen molar-refractivity contribution in [1.82, 2.24) is 19.2 Å². The fraction of sp³-hybridized carbons (Fsp3) is 0.250. The van der Waals surface area contributed by atoms with Crippen molar-refractivity contribution in [3.8, 4) is 17.2 Å². The summed E-state index contributed by atoms with van der Waals surface area (Å²) in [5.41, 5.74) is 5.24. The van der Waals surface area contributed by atoms with Crippen LogP contribution in [-0.2, 0) is 19.9 Å². The van der Waals surface area contributed by atoms with Gasteiger partial charge in [-0.2, -0.15) is 10.2 Å². The van der Waals surface area contributed by atoms with E-state index in [1.165, 1.54) is 10.2 Å². The fourth-order valence-corrected chi connectivity index (χ4v) is 3.96. The fourth-order valence-electron chi connectivity index (χ4n) is 3.96.